The molecule has 4 heteroatoms. The largest absolute Gasteiger partial charge is 0.396 e. The molecule has 1 fully saturated rings. The molecule has 0 aliphatic carbocycles. The maximum absolute atomic E-state index is 5.24. The SMILES string of the molecule is CCCCCO/N=C1\CNCN(C)C1. The molecule has 0 bridgehead atoms. The van der Waals surface area contributed by atoms with Gasteiger partial charge in [0, 0.05) is 19.8 Å². The zero-order chi connectivity index (χ0) is 10.2. The van der Waals surface area contributed by atoms with Crippen LogP contribution in [0.3, 0.4) is 0 Å². The fourth-order valence-corrected chi connectivity index (χ4v) is 1.43. The van der Waals surface area contributed by atoms with Gasteiger partial charge >= 0.3 is 0 Å². The fraction of sp³-hybridized carbons (Fsp3) is 0.900. The Balaban J connectivity index is 2.10. The molecule has 1 rings (SSSR count). The Morgan fingerprint density at radius 2 is 2.36 bits per heavy atom. The average Bonchev–Trinajstić information content (AvgIpc) is 2.18. The normalized spacial score (nSPS) is 21.4. The van der Waals surface area contributed by atoms with E-state index in [-0.39, 0.29) is 0 Å². The van der Waals surface area contributed by atoms with E-state index in [2.05, 4.69) is 29.3 Å². The summed E-state index contributed by atoms with van der Waals surface area (Å²) in [5, 5.41) is 7.37. The van der Waals surface area contributed by atoms with Crippen molar-refractivity contribution in [3.05, 3.63) is 0 Å². The molecule has 14 heavy (non-hydrogen) atoms. The van der Waals surface area contributed by atoms with Crippen molar-refractivity contribution in [1.82, 2.24) is 10.2 Å². The van der Waals surface area contributed by atoms with Gasteiger partial charge in [0.2, 0.25) is 0 Å². The second-order valence-electron chi connectivity index (χ2n) is 3.80. The van der Waals surface area contributed by atoms with Crippen LogP contribution in [0.25, 0.3) is 0 Å². The van der Waals surface area contributed by atoms with Crippen molar-refractivity contribution in [1.29, 1.82) is 0 Å². The van der Waals surface area contributed by atoms with E-state index < -0.39 is 0 Å². The predicted molar refractivity (Wildman–Crippen MR) is 58.4 cm³/mol. The summed E-state index contributed by atoms with van der Waals surface area (Å²) in [4.78, 5) is 7.42. The molecule has 0 spiro atoms. The number of oxime groups is 1. The third-order valence-corrected chi connectivity index (χ3v) is 2.20. The summed E-state index contributed by atoms with van der Waals surface area (Å²) in [5.41, 5.74) is 1.09. The van der Waals surface area contributed by atoms with Gasteiger partial charge in [-0.25, -0.2) is 0 Å². The standard InChI is InChI=1S/C10H21N3O/c1-3-4-5-6-14-12-10-7-11-9-13(2)8-10/h11H,3-9H2,1-2H3/b12-10+. The van der Waals surface area contributed by atoms with Gasteiger partial charge in [-0.2, -0.15) is 0 Å². The maximum atomic E-state index is 5.24. The topological polar surface area (TPSA) is 36.9 Å². The molecule has 0 amide bonds. The molecule has 0 aromatic heterocycles. The van der Waals surface area contributed by atoms with E-state index in [1.54, 1.807) is 0 Å². The van der Waals surface area contributed by atoms with Gasteiger partial charge in [-0.15, -0.1) is 0 Å². The fourth-order valence-electron chi connectivity index (χ4n) is 1.43. The van der Waals surface area contributed by atoms with Crippen LogP contribution in [-0.2, 0) is 4.84 Å². The first kappa shape index (κ1) is 11.5. The molecule has 1 heterocycles. The van der Waals surface area contributed by atoms with Crippen LogP contribution in [0.5, 0.6) is 0 Å². The monoisotopic (exact) mass is 199 g/mol. The Kier molecular flexibility index (Phi) is 5.56. The van der Waals surface area contributed by atoms with Gasteiger partial charge < -0.3 is 4.84 Å². The van der Waals surface area contributed by atoms with E-state index in [0.717, 1.165) is 38.5 Å². The van der Waals surface area contributed by atoms with E-state index in [4.69, 9.17) is 4.84 Å². The Hall–Kier alpha value is -0.610. The van der Waals surface area contributed by atoms with Crippen LogP contribution in [0.4, 0.5) is 0 Å². The molecular formula is C10H21N3O. The van der Waals surface area contributed by atoms with Crippen molar-refractivity contribution in [2.75, 3.05) is 33.4 Å². The van der Waals surface area contributed by atoms with Crippen LogP contribution in [0, 0.1) is 0 Å². The highest BCUT2D eigenvalue weighted by atomic mass is 16.6. The first-order valence-corrected chi connectivity index (χ1v) is 5.40. The van der Waals surface area contributed by atoms with E-state index in [1.165, 1.54) is 12.8 Å². The lowest BCUT2D eigenvalue weighted by Crippen LogP contribution is -2.45. The van der Waals surface area contributed by atoms with Crippen molar-refractivity contribution < 1.29 is 4.84 Å². The lowest BCUT2D eigenvalue weighted by atomic mass is 10.3. The molecule has 0 saturated carbocycles. The van der Waals surface area contributed by atoms with Crippen molar-refractivity contribution >= 4 is 5.71 Å². The average molecular weight is 199 g/mol. The molecular weight excluding hydrogens is 178 g/mol. The van der Waals surface area contributed by atoms with Crippen molar-refractivity contribution in [2.45, 2.75) is 26.2 Å². The van der Waals surface area contributed by atoms with Crippen molar-refractivity contribution in [2.24, 2.45) is 5.16 Å². The van der Waals surface area contributed by atoms with Crippen LogP contribution in [0.1, 0.15) is 26.2 Å². The molecule has 0 unspecified atom stereocenters. The Morgan fingerprint density at radius 3 is 3.07 bits per heavy atom. The first-order chi connectivity index (χ1) is 6.83. The summed E-state index contributed by atoms with van der Waals surface area (Å²) in [6.45, 7) is 5.65. The van der Waals surface area contributed by atoms with Crippen LogP contribution in [0.15, 0.2) is 5.16 Å². The lowest BCUT2D eigenvalue weighted by molar-refractivity contribution is 0.137. The number of rotatable bonds is 5. The Labute approximate surface area is 86.3 Å². The summed E-state index contributed by atoms with van der Waals surface area (Å²) < 4.78 is 0. The quantitative estimate of drug-likeness (QED) is 0.531. The second kappa shape index (κ2) is 6.79. The van der Waals surface area contributed by atoms with E-state index in [0.29, 0.717) is 0 Å². The van der Waals surface area contributed by atoms with E-state index in [9.17, 15) is 0 Å². The summed E-state index contributed by atoms with van der Waals surface area (Å²) in [7, 11) is 2.07. The minimum atomic E-state index is 0.751. The summed E-state index contributed by atoms with van der Waals surface area (Å²) in [6.07, 6.45) is 3.56. The highest BCUT2D eigenvalue weighted by Gasteiger charge is 2.10. The predicted octanol–water partition coefficient (Wildman–Crippen LogP) is 1.04. The molecule has 1 aliphatic heterocycles. The minimum absolute atomic E-state index is 0.751. The number of hydrogen-bond donors (Lipinski definition) is 1. The molecule has 82 valence electrons. The number of unbranched alkanes of at least 4 members (excludes halogenated alkanes) is 2. The van der Waals surface area contributed by atoms with Gasteiger partial charge in [0.15, 0.2) is 0 Å². The molecule has 0 atom stereocenters. The number of nitrogens with zero attached hydrogens (tertiary/aromatic N) is 2. The molecule has 0 radical (unpaired) electrons. The Bertz CT molecular complexity index is 182. The molecule has 0 aromatic rings. The third kappa shape index (κ3) is 4.58. The third-order valence-electron chi connectivity index (χ3n) is 2.20. The highest BCUT2D eigenvalue weighted by Crippen LogP contribution is 1.96. The first-order valence-electron chi connectivity index (χ1n) is 5.40. The number of nitrogens with one attached hydrogen (secondary N) is 1. The molecule has 4 nitrogen and oxygen atoms in total. The number of hydrogen-bond acceptors (Lipinski definition) is 4. The maximum Gasteiger partial charge on any atom is 0.117 e. The van der Waals surface area contributed by atoms with Gasteiger partial charge in [-0.05, 0) is 13.5 Å². The van der Waals surface area contributed by atoms with Gasteiger partial charge in [0.1, 0.15) is 6.61 Å². The molecule has 1 N–H and O–H groups in total. The van der Waals surface area contributed by atoms with E-state index >= 15 is 0 Å². The smallest absolute Gasteiger partial charge is 0.117 e. The molecule has 1 aliphatic rings. The lowest BCUT2D eigenvalue weighted by Gasteiger charge is -2.23. The van der Waals surface area contributed by atoms with Crippen LogP contribution in [-0.4, -0.2) is 44.0 Å². The zero-order valence-corrected chi connectivity index (χ0v) is 9.25. The van der Waals surface area contributed by atoms with E-state index in [1.807, 2.05) is 0 Å². The summed E-state index contributed by atoms with van der Waals surface area (Å²) >= 11 is 0. The molecule has 1 saturated heterocycles. The van der Waals surface area contributed by atoms with Crippen LogP contribution >= 0.6 is 0 Å². The van der Waals surface area contributed by atoms with Gasteiger partial charge in [-0.1, -0.05) is 24.9 Å². The highest BCUT2D eigenvalue weighted by molar-refractivity contribution is 5.88. The van der Waals surface area contributed by atoms with Gasteiger partial charge in [0.05, 0.1) is 5.71 Å². The minimum Gasteiger partial charge on any atom is -0.396 e. The summed E-state index contributed by atoms with van der Waals surface area (Å²) in [6, 6.07) is 0. The van der Waals surface area contributed by atoms with Crippen LogP contribution < -0.4 is 5.32 Å². The summed E-state index contributed by atoms with van der Waals surface area (Å²) in [5.74, 6) is 0. The van der Waals surface area contributed by atoms with Crippen molar-refractivity contribution in [3.8, 4) is 0 Å². The van der Waals surface area contributed by atoms with Gasteiger partial charge in [-0.3, -0.25) is 10.2 Å². The van der Waals surface area contributed by atoms with Gasteiger partial charge in [0.25, 0.3) is 0 Å². The molecule has 0 aromatic carbocycles. The van der Waals surface area contributed by atoms with Crippen LogP contribution in [0.2, 0.25) is 0 Å². The van der Waals surface area contributed by atoms with Crippen molar-refractivity contribution in [3.63, 3.8) is 0 Å². The second-order valence-corrected chi connectivity index (χ2v) is 3.80. The zero-order valence-electron chi connectivity index (χ0n) is 9.25. The Morgan fingerprint density at radius 1 is 1.50 bits per heavy atom.